The van der Waals surface area contributed by atoms with Gasteiger partial charge in [-0.3, -0.25) is 19.3 Å². The molecule has 0 bridgehead atoms. The largest absolute Gasteiger partial charge is 0.352 e. The van der Waals surface area contributed by atoms with Gasteiger partial charge in [-0.25, -0.2) is 0 Å². The molecule has 0 unspecified atom stereocenters. The van der Waals surface area contributed by atoms with Gasteiger partial charge in [0.1, 0.15) is 6.42 Å². The van der Waals surface area contributed by atoms with Crippen molar-refractivity contribution in [2.75, 3.05) is 16.3 Å². The Labute approximate surface area is 200 Å². The van der Waals surface area contributed by atoms with E-state index in [0.717, 1.165) is 23.1 Å². The normalized spacial score (nSPS) is 13.5. The fourth-order valence-electron chi connectivity index (χ4n) is 4.12. The highest BCUT2D eigenvalue weighted by Gasteiger charge is 2.33. The molecule has 0 saturated carbocycles. The summed E-state index contributed by atoms with van der Waals surface area (Å²) < 4.78 is 0. The fourth-order valence-corrected chi connectivity index (χ4v) is 4.12. The minimum atomic E-state index is -0.299. The topological polar surface area (TPSA) is 69.7 Å². The zero-order valence-electron chi connectivity index (χ0n) is 19.8. The summed E-state index contributed by atoms with van der Waals surface area (Å²) in [5.41, 5.74) is 5.50. The molecule has 1 N–H and O–H groups in total. The lowest BCUT2D eigenvalue weighted by Crippen LogP contribution is -2.31. The Balaban J connectivity index is 1.85. The van der Waals surface area contributed by atoms with Crippen LogP contribution in [0.3, 0.4) is 0 Å². The minimum Gasteiger partial charge on any atom is -0.352 e. The van der Waals surface area contributed by atoms with Gasteiger partial charge in [0, 0.05) is 17.8 Å². The van der Waals surface area contributed by atoms with Crippen LogP contribution in [0.25, 0.3) is 0 Å². The number of nitrogens with zero attached hydrogens (tertiary/aromatic N) is 2. The van der Waals surface area contributed by atoms with Crippen molar-refractivity contribution in [3.05, 3.63) is 89.0 Å². The molecular weight excluding hydrogens is 426 g/mol. The van der Waals surface area contributed by atoms with Gasteiger partial charge in [0.15, 0.2) is 0 Å². The average Bonchev–Trinajstić information content (AvgIpc) is 2.94. The number of hydrogen-bond acceptors (Lipinski definition) is 3. The first-order valence-electron chi connectivity index (χ1n) is 11.6. The molecule has 4 rings (SSSR count). The molecule has 6 heteroatoms. The Morgan fingerprint density at radius 1 is 0.853 bits per heavy atom. The second-order valence-corrected chi connectivity index (χ2v) is 8.45. The predicted molar refractivity (Wildman–Crippen MR) is 134 cm³/mol. The first-order chi connectivity index (χ1) is 16.4. The van der Waals surface area contributed by atoms with E-state index in [0.29, 0.717) is 35.7 Å². The summed E-state index contributed by atoms with van der Waals surface area (Å²) in [5, 5.41) is 2.81. The van der Waals surface area contributed by atoms with Crippen molar-refractivity contribution in [1.29, 1.82) is 0 Å². The molecule has 1 aliphatic heterocycles. The van der Waals surface area contributed by atoms with Gasteiger partial charge in [-0.15, -0.1) is 0 Å². The quantitative estimate of drug-likeness (QED) is 0.537. The molecule has 6 nitrogen and oxygen atoms in total. The van der Waals surface area contributed by atoms with Gasteiger partial charge in [-0.1, -0.05) is 48.9 Å². The van der Waals surface area contributed by atoms with Crippen molar-refractivity contribution in [3.8, 4) is 0 Å². The molecule has 3 aromatic rings. The molecule has 0 aromatic heterocycles. The van der Waals surface area contributed by atoms with Crippen LogP contribution in [0.5, 0.6) is 0 Å². The van der Waals surface area contributed by atoms with E-state index in [4.69, 9.17) is 0 Å². The molecule has 0 aliphatic carbocycles. The van der Waals surface area contributed by atoms with Crippen LogP contribution in [-0.2, 0) is 22.6 Å². The van der Waals surface area contributed by atoms with Crippen molar-refractivity contribution in [2.24, 2.45) is 0 Å². The van der Waals surface area contributed by atoms with Gasteiger partial charge in [0.25, 0.3) is 5.91 Å². The van der Waals surface area contributed by atoms with Gasteiger partial charge in [0.05, 0.1) is 17.9 Å². The van der Waals surface area contributed by atoms with Crippen LogP contribution < -0.4 is 15.1 Å². The molecule has 1 heterocycles. The van der Waals surface area contributed by atoms with E-state index in [9.17, 15) is 14.4 Å². The number of anilines is 3. The molecular formula is C28H29N3O3. The van der Waals surface area contributed by atoms with Crippen molar-refractivity contribution in [1.82, 2.24) is 5.32 Å². The van der Waals surface area contributed by atoms with Gasteiger partial charge in [-0.05, 0) is 61.7 Å². The molecule has 0 saturated heterocycles. The zero-order valence-corrected chi connectivity index (χ0v) is 19.8. The molecule has 0 spiro atoms. The van der Waals surface area contributed by atoms with E-state index >= 15 is 0 Å². The molecule has 0 radical (unpaired) electrons. The van der Waals surface area contributed by atoms with Crippen LogP contribution in [0.4, 0.5) is 17.1 Å². The van der Waals surface area contributed by atoms with Crippen LogP contribution >= 0.6 is 0 Å². The van der Waals surface area contributed by atoms with Gasteiger partial charge in [0.2, 0.25) is 11.8 Å². The van der Waals surface area contributed by atoms with Gasteiger partial charge >= 0.3 is 0 Å². The third-order valence-corrected chi connectivity index (χ3v) is 6.02. The molecule has 3 amide bonds. The number of nitrogens with one attached hydrogen (secondary N) is 1. The van der Waals surface area contributed by atoms with Gasteiger partial charge < -0.3 is 10.2 Å². The van der Waals surface area contributed by atoms with Crippen LogP contribution in [0.15, 0.2) is 66.7 Å². The van der Waals surface area contributed by atoms with E-state index in [1.165, 1.54) is 0 Å². The van der Waals surface area contributed by atoms with Crippen molar-refractivity contribution < 1.29 is 14.4 Å². The minimum absolute atomic E-state index is 0.220. The molecule has 0 atom stereocenters. The summed E-state index contributed by atoms with van der Waals surface area (Å²) >= 11 is 0. The standard InChI is InChI=1S/C28H29N3O3/c1-4-20-10-13-23(14-11-20)31-24-15-12-22(28(34)29-5-2)16-25(24)30(26(32)17-27(31)33)18-21-8-6-19(3)7-9-21/h6-16H,4-5,17-18H2,1-3H3,(H,29,34). The SMILES string of the molecule is CCNC(=O)c1ccc2c(c1)N(Cc1ccc(C)cc1)C(=O)CC(=O)N2c1ccc(CC)cc1. The fraction of sp³-hybridized carbons (Fsp3) is 0.250. The Hall–Kier alpha value is -3.93. The molecule has 1 aliphatic rings. The van der Waals surface area contributed by atoms with Crippen LogP contribution in [0.1, 0.15) is 47.3 Å². The first kappa shape index (κ1) is 23.2. The number of hydrogen-bond donors (Lipinski definition) is 1. The number of fused-ring (bicyclic) bond motifs is 1. The number of carbonyl (C=O) groups is 3. The molecule has 174 valence electrons. The van der Waals surface area contributed by atoms with E-state index in [2.05, 4.69) is 12.2 Å². The monoisotopic (exact) mass is 455 g/mol. The molecule has 3 aromatic carbocycles. The highest BCUT2D eigenvalue weighted by molar-refractivity contribution is 6.18. The highest BCUT2D eigenvalue weighted by Crippen LogP contribution is 2.39. The van der Waals surface area contributed by atoms with E-state index in [1.807, 2.05) is 62.4 Å². The lowest BCUT2D eigenvalue weighted by atomic mass is 10.1. The number of carbonyl (C=O) groups excluding carboxylic acids is 3. The zero-order chi connectivity index (χ0) is 24.2. The Kier molecular flexibility index (Phi) is 6.77. The van der Waals surface area contributed by atoms with Gasteiger partial charge in [-0.2, -0.15) is 0 Å². The van der Waals surface area contributed by atoms with Crippen LogP contribution in [0.2, 0.25) is 0 Å². The summed E-state index contributed by atoms with van der Waals surface area (Å²) in [6.07, 6.45) is 0.635. The van der Waals surface area contributed by atoms with Crippen molar-refractivity contribution in [2.45, 2.75) is 40.2 Å². The maximum Gasteiger partial charge on any atom is 0.251 e. The Morgan fingerprint density at radius 2 is 1.53 bits per heavy atom. The lowest BCUT2D eigenvalue weighted by Gasteiger charge is -2.26. The second-order valence-electron chi connectivity index (χ2n) is 8.45. The lowest BCUT2D eigenvalue weighted by molar-refractivity contribution is -0.125. The number of aryl methyl sites for hydroxylation is 2. The molecule has 34 heavy (non-hydrogen) atoms. The van der Waals surface area contributed by atoms with Crippen LogP contribution in [0, 0.1) is 6.92 Å². The smallest absolute Gasteiger partial charge is 0.251 e. The number of benzene rings is 3. The summed E-state index contributed by atoms with van der Waals surface area (Å²) in [6.45, 7) is 6.74. The number of rotatable bonds is 6. The van der Waals surface area contributed by atoms with Crippen molar-refractivity contribution >= 4 is 34.8 Å². The summed E-state index contributed by atoms with van der Waals surface area (Å²) in [7, 11) is 0. The van der Waals surface area contributed by atoms with E-state index in [-0.39, 0.29) is 24.1 Å². The Bertz CT molecular complexity index is 1220. The first-order valence-corrected chi connectivity index (χ1v) is 11.6. The average molecular weight is 456 g/mol. The molecule has 0 fully saturated rings. The van der Waals surface area contributed by atoms with Crippen LogP contribution in [-0.4, -0.2) is 24.3 Å². The summed E-state index contributed by atoms with van der Waals surface area (Å²) in [6, 6.07) is 20.9. The Morgan fingerprint density at radius 3 is 2.18 bits per heavy atom. The predicted octanol–water partition coefficient (Wildman–Crippen LogP) is 4.91. The third kappa shape index (κ3) is 4.71. The van der Waals surface area contributed by atoms with Crippen molar-refractivity contribution in [3.63, 3.8) is 0 Å². The highest BCUT2D eigenvalue weighted by atomic mass is 16.2. The summed E-state index contributed by atoms with van der Waals surface area (Å²) in [4.78, 5) is 42.4. The third-order valence-electron chi connectivity index (χ3n) is 6.02. The maximum absolute atomic E-state index is 13.3. The van der Waals surface area contributed by atoms with E-state index in [1.54, 1.807) is 28.0 Å². The second kappa shape index (κ2) is 9.91. The maximum atomic E-state index is 13.3. The number of amides is 3. The van der Waals surface area contributed by atoms with E-state index < -0.39 is 0 Å². The summed E-state index contributed by atoms with van der Waals surface area (Å²) in [5.74, 6) is -0.817.